The van der Waals surface area contributed by atoms with Crippen LogP contribution in [0.4, 0.5) is 0 Å². The summed E-state index contributed by atoms with van der Waals surface area (Å²) in [5.41, 5.74) is 2.02. The lowest BCUT2D eigenvalue weighted by atomic mass is 9.96. The third kappa shape index (κ3) is 3.72. The number of halogens is 1. The molecule has 1 aromatic carbocycles. The normalized spacial score (nSPS) is 20.3. The Bertz CT molecular complexity index is 379. The van der Waals surface area contributed by atoms with Crippen LogP contribution in [0.2, 0.25) is 5.02 Å². The first kappa shape index (κ1) is 12.4. The summed E-state index contributed by atoms with van der Waals surface area (Å²) in [5, 5.41) is 12.6. The Morgan fingerprint density at radius 1 is 1.24 bits per heavy atom. The summed E-state index contributed by atoms with van der Waals surface area (Å²) in [6.07, 6.45) is 3.82. The highest BCUT2D eigenvalue weighted by Crippen LogP contribution is 2.20. The Kier molecular flexibility index (Phi) is 4.40. The molecule has 0 heterocycles. The van der Waals surface area contributed by atoms with Crippen LogP contribution in [0.1, 0.15) is 31.2 Å². The molecule has 0 unspecified atom stereocenters. The molecule has 1 aromatic rings. The number of rotatable bonds is 3. The lowest BCUT2D eigenvalue weighted by molar-refractivity contribution is 0.0277. The van der Waals surface area contributed by atoms with Gasteiger partial charge < -0.3 is 9.94 Å². The van der Waals surface area contributed by atoms with Crippen LogP contribution in [0.5, 0.6) is 0 Å². The zero-order valence-electron chi connectivity index (χ0n) is 9.60. The molecule has 0 spiro atoms. The maximum absolute atomic E-state index is 8.65. The predicted octanol–water partition coefficient (Wildman–Crippen LogP) is 3.63. The fraction of sp³-hybridized carbons (Fsp3) is 0.462. The second-order valence-corrected chi connectivity index (χ2v) is 4.74. The fourth-order valence-electron chi connectivity index (χ4n) is 1.99. The van der Waals surface area contributed by atoms with Gasteiger partial charge in [-0.2, -0.15) is 0 Å². The maximum Gasteiger partial charge on any atom is 0.0720 e. The van der Waals surface area contributed by atoms with Crippen LogP contribution >= 0.6 is 11.6 Å². The van der Waals surface area contributed by atoms with Gasteiger partial charge >= 0.3 is 0 Å². The van der Waals surface area contributed by atoms with Crippen LogP contribution in [-0.4, -0.2) is 17.0 Å². The third-order valence-electron chi connectivity index (χ3n) is 3.05. The molecule has 0 aliphatic heterocycles. The lowest BCUT2D eigenvalue weighted by Crippen LogP contribution is -2.21. The van der Waals surface area contributed by atoms with Crippen LogP contribution in [0.25, 0.3) is 0 Å². The van der Waals surface area contributed by atoms with Crippen LogP contribution < -0.4 is 0 Å². The van der Waals surface area contributed by atoms with Gasteiger partial charge in [0.05, 0.1) is 18.4 Å². The van der Waals surface area contributed by atoms with Crippen LogP contribution in [0.3, 0.4) is 0 Å². The average Bonchev–Trinajstić information content (AvgIpc) is 2.39. The van der Waals surface area contributed by atoms with Crippen molar-refractivity contribution in [1.29, 1.82) is 0 Å². The zero-order valence-corrected chi connectivity index (χ0v) is 10.4. The second kappa shape index (κ2) is 6.03. The van der Waals surface area contributed by atoms with E-state index in [1.807, 2.05) is 24.3 Å². The molecule has 0 aromatic heterocycles. The lowest BCUT2D eigenvalue weighted by Gasteiger charge is -2.22. The molecule has 0 saturated heterocycles. The van der Waals surface area contributed by atoms with Gasteiger partial charge in [-0.15, -0.1) is 0 Å². The van der Waals surface area contributed by atoms with E-state index in [0.29, 0.717) is 6.61 Å². The SMILES string of the molecule is ON=C1CCC(OCc2ccc(Cl)cc2)CC1. The van der Waals surface area contributed by atoms with Gasteiger partial charge in [0, 0.05) is 5.02 Å². The molecule has 3 nitrogen and oxygen atoms in total. The summed E-state index contributed by atoms with van der Waals surface area (Å²) >= 11 is 5.81. The van der Waals surface area contributed by atoms with E-state index in [0.717, 1.165) is 42.0 Å². The number of oxime groups is 1. The fourth-order valence-corrected chi connectivity index (χ4v) is 2.11. The van der Waals surface area contributed by atoms with Gasteiger partial charge in [0.15, 0.2) is 0 Å². The van der Waals surface area contributed by atoms with Crippen molar-refractivity contribution in [2.75, 3.05) is 0 Å². The van der Waals surface area contributed by atoms with E-state index >= 15 is 0 Å². The van der Waals surface area contributed by atoms with Crippen LogP contribution in [0, 0.1) is 0 Å². The molecular formula is C13H16ClNO2. The number of hydrogen-bond donors (Lipinski definition) is 1. The molecule has 2 rings (SSSR count). The van der Waals surface area contributed by atoms with Gasteiger partial charge in [-0.3, -0.25) is 0 Å². The minimum atomic E-state index is 0.274. The van der Waals surface area contributed by atoms with Crippen molar-refractivity contribution in [3.8, 4) is 0 Å². The Morgan fingerprint density at radius 3 is 2.47 bits per heavy atom. The number of ether oxygens (including phenoxy) is 1. The van der Waals surface area contributed by atoms with Crippen molar-refractivity contribution in [2.45, 2.75) is 38.4 Å². The summed E-state index contributed by atoms with van der Waals surface area (Å²) in [7, 11) is 0. The molecule has 1 aliphatic carbocycles. The number of nitrogens with zero attached hydrogens (tertiary/aromatic N) is 1. The zero-order chi connectivity index (χ0) is 12.1. The summed E-state index contributed by atoms with van der Waals surface area (Å²) in [4.78, 5) is 0. The number of benzene rings is 1. The first-order valence-corrected chi connectivity index (χ1v) is 6.21. The molecule has 17 heavy (non-hydrogen) atoms. The summed E-state index contributed by atoms with van der Waals surface area (Å²) in [5.74, 6) is 0. The average molecular weight is 254 g/mol. The van der Waals surface area contributed by atoms with Crippen molar-refractivity contribution < 1.29 is 9.94 Å². The third-order valence-corrected chi connectivity index (χ3v) is 3.30. The molecule has 0 atom stereocenters. The van der Waals surface area contributed by atoms with Gasteiger partial charge in [0.1, 0.15) is 0 Å². The van der Waals surface area contributed by atoms with Crippen molar-refractivity contribution in [3.63, 3.8) is 0 Å². The standard InChI is InChI=1S/C13H16ClNO2/c14-11-3-1-10(2-4-11)9-17-13-7-5-12(15-16)6-8-13/h1-4,13,16H,5-9H2. The van der Waals surface area contributed by atoms with Crippen molar-refractivity contribution >= 4 is 17.3 Å². The van der Waals surface area contributed by atoms with E-state index < -0.39 is 0 Å². The van der Waals surface area contributed by atoms with E-state index in [1.54, 1.807) is 0 Å². The summed E-state index contributed by atoms with van der Waals surface area (Å²) in [6, 6.07) is 7.70. The summed E-state index contributed by atoms with van der Waals surface area (Å²) < 4.78 is 5.82. The van der Waals surface area contributed by atoms with Crippen molar-refractivity contribution in [2.24, 2.45) is 5.16 Å². The van der Waals surface area contributed by atoms with Crippen LogP contribution in [-0.2, 0) is 11.3 Å². The van der Waals surface area contributed by atoms with Crippen molar-refractivity contribution in [1.82, 2.24) is 0 Å². The van der Waals surface area contributed by atoms with E-state index in [9.17, 15) is 0 Å². The van der Waals surface area contributed by atoms with Gasteiger partial charge in [-0.25, -0.2) is 0 Å². The van der Waals surface area contributed by atoms with E-state index in [1.165, 1.54) is 0 Å². The van der Waals surface area contributed by atoms with E-state index in [4.69, 9.17) is 21.5 Å². The van der Waals surface area contributed by atoms with E-state index in [-0.39, 0.29) is 6.10 Å². The highest BCUT2D eigenvalue weighted by Gasteiger charge is 2.18. The Hall–Kier alpha value is -1.06. The Morgan fingerprint density at radius 2 is 1.88 bits per heavy atom. The van der Waals surface area contributed by atoms with Gasteiger partial charge in [0.2, 0.25) is 0 Å². The molecule has 0 amide bonds. The van der Waals surface area contributed by atoms with Gasteiger partial charge in [-0.1, -0.05) is 28.9 Å². The highest BCUT2D eigenvalue weighted by atomic mass is 35.5. The largest absolute Gasteiger partial charge is 0.411 e. The molecule has 0 radical (unpaired) electrons. The molecule has 1 aliphatic rings. The minimum absolute atomic E-state index is 0.274. The Labute approximate surface area is 106 Å². The Balaban J connectivity index is 1.77. The van der Waals surface area contributed by atoms with Gasteiger partial charge in [0.25, 0.3) is 0 Å². The van der Waals surface area contributed by atoms with E-state index in [2.05, 4.69) is 5.16 Å². The first-order chi connectivity index (χ1) is 8.28. The molecule has 1 N–H and O–H groups in total. The second-order valence-electron chi connectivity index (χ2n) is 4.30. The molecule has 1 saturated carbocycles. The number of hydrogen-bond acceptors (Lipinski definition) is 3. The minimum Gasteiger partial charge on any atom is -0.411 e. The monoisotopic (exact) mass is 253 g/mol. The van der Waals surface area contributed by atoms with Crippen molar-refractivity contribution in [3.05, 3.63) is 34.9 Å². The maximum atomic E-state index is 8.65. The smallest absolute Gasteiger partial charge is 0.0720 e. The molecule has 92 valence electrons. The first-order valence-electron chi connectivity index (χ1n) is 5.84. The predicted molar refractivity (Wildman–Crippen MR) is 67.7 cm³/mol. The van der Waals surface area contributed by atoms with Gasteiger partial charge in [-0.05, 0) is 43.4 Å². The molecule has 0 bridgehead atoms. The molecule has 4 heteroatoms. The molecule has 1 fully saturated rings. The molecular weight excluding hydrogens is 238 g/mol. The quantitative estimate of drug-likeness (QED) is 0.660. The van der Waals surface area contributed by atoms with Crippen LogP contribution in [0.15, 0.2) is 29.4 Å². The topological polar surface area (TPSA) is 41.8 Å². The highest BCUT2D eigenvalue weighted by molar-refractivity contribution is 6.30. The summed E-state index contributed by atoms with van der Waals surface area (Å²) in [6.45, 7) is 0.618.